The SMILES string of the molecule is O=C(Nc1ccc2c(c1)OC(F)(F)O2)N[C@@H]1C[C@H]1c1ccc(Cl)c(F)c1. The molecule has 2 N–H and O–H groups in total. The summed E-state index contributed by atoms with van der Waals surface area (Å²) in [5, 5.41) is 5.33. The Morgan fingerprint density at radius 3 is 2.69 bits per heavy atom. The number of fused-ring (bicyclic) bond motifs is 1. The Morgan fingerprint density at radius 2 is 1.92 bits per heavy atom. The van der Waals surface area contributed by atoms with Gasteiger partial charge in [0.05, 0.1) is 5.02 Å². The summed E-state index contributed by atoms with van der Waals surface area (Å²) in [7, 11) is 0. The molecule has 0 aromatic heterocycles. The van der Waals surface area contributed by atoms with Gasteiger partial charge in [0.1, 0.15) is 5.82 Å². The highest BCUT2D eigenvalue weighted by molar-refractivity contribution is 6.30. The van der Waals surface area contributed by atoms with Crippen LogP contribution < -0.4 is 20.1 Å². The highest BCUT2D eigenvalue weighted by Crippen LogP contribution is 2.43. The average molecular weight is 385 g/mol. The monoisotopic (exact) mass is 384 g/mol. The van der Waals surface area contributed by atoms with Crippen molar-refractivity contribution in [2.45, 2.75) is 24.7 Å². The van der Waals surface area contributed by atoms with E-state index >= 15 is 0 Å². The van der Waals surface area contributed by atoms with Crippen molar-refractivity contribution < 1.29 is 27.4 Å². The van der Waals surface area contributed by atoms with Crippen LogP contribution in [0.4, 0.5) is 23.7 Å². The number of anilines is 1. The minimum Gasteiger partial charge on any atom is -0.395 e. The van der Waals surface area contributed by atoms with Crippen LogP contribution in [-0.4, -0.2) is 18.4 Å². The number of hydrogen-bond donors (Lipinski definition) is 2. The number of amides is 2. The molecule has 0 saturated heterocycles. The number of halogens is 4. The average Bonchev–Trinajstić information content (AvgIpc) is 3.23. The molecule has 26 heavy (non-hydrogen) atoms. The molecular weight excluding hydrogens is 373 g/mol. The quantitative estimate of drug-likeness (QED) is 0.820. The Labute approximate surface area is 151 Å². The molecule has 2 atom stereocenters. The van der Waals surface area contributed by atoms with Crippen LogP contribution in [-0.2, 0) is 0 Å². The summed E-state index contributed by atoms with van der Waals surface area (Å²) < 4.78 is 48.1. The first-order valence-corrected chi connectivity index (χ1v) is 8.11. The van der Waals surface area contributed by atoms with Crippen molar-refractivity contribution in [1.82, 2.24) is 5.32 Å². The van der Waals surface area contributed by atoms with Crippen LogP contribution in [0.2, 0.25) is 5.02 Å². The molecule has 2 aromatic rings. The van der Waals surface area contributed by atoms with E-state index in [0.29, 0.717) is 6.42 Å². The molecular formula is C17H12ClF3N2O3. The van der Waals surface area contributed by atoms with E-state index in [9.17, 15) is 18.0 Å². The molecule has 0 unspecified atom stereocenters. The van der Waals surface area contributed by atoms with Crippen molar-refractivity contribution in [3.63, 3.8) is 0 Å². The minimum atomic E-state index is -3.71. The number of alkyl halides is 2. The second-order valence-electron chi connectivity index (χ2n) is 6.05. The van der Waals surface area contributed by atoms with E-state index in [1.165, 1.54) is 30.3 Å². The van der Waals surface area contributed by atoms with E-state index in [0.717, 1.165) is 5.56 Å². The molecule has 1 aliphatic heterocycles. The van der Waals surface area contributed by atoms with Crippen molar-refractivity contribution in [3.8, 4) is 11.5 Å². The van der Waals surface area contributed by atoms with Crippen LogP contribution in [0, 0.1) is 5.82 Å². The number of benzene rings is 2. The standard InChI is InChI=1S/C17H12ClF3N2O3/c18-11-3-1-8(5-12(11)19)10-7-13(10)23-16(24)22-9-2-4-14-15(6-9)26-17(20,21)25-14/h1-6,10,13H,7H2,(H2,22,23,24)/t10-,13+/m0/s1. The first kappa shape index (κ1) is 16.8. The van der Waals surface area contributed by atoms with Crippen LogP contribution in [0.25, 0.3) is 0 Å². The van der Waals surface area contributed by atoms with Gasteiger partial charge in [-0.25, -0.2) is 9.18 Å². The first-order valence-electron chi connectivity index (χ1n) is 7.73. The number of rotatable bonds is 3. The fourth-order valence-corrected chi connectivity index (χ4v) is 2.95. The third kappa shape index (κ3) is 3.37. The fourth-order valence-electron chi connectivity index (χ4n) is 2.83. The molecule has 1 aliphatic carbocycles. The zero-order valence-corrected chi connectivity index (χ0v) is 13.8. The highest BCUT2D eigenvalue weighted by atomic mass is 35.5. The molecule has 0 spiro atoms. The Hall–Kier alpha value is -2.61. The lowest BCUT2D eigenvalue weighted by Gasteiger charge is -2.08. The van der Waals surface area contributed by atoms with E-state index in [1.54, 1.807) is 6.07 Å². The van der Waals surface area contributed by atoms with Gasteiger partial charge in [0.15, 0.2) is 11.5 Å². The van der Waals surface area contributed by atoms with Crippen LogP contribution in [0.15, 0.2) is 36.4 Å². The summed E-state index contributed by atoms with van der Waals surface area (Å²) in [5.74, 6) is -0.763. The maximum Gasteiger partial charge on any atom is 0.586 e. The van der Waals surface area contributed by atoms with Crippen LogP contribution >= 0.6 is 11.6 Å². The fraction of sp³-hybridized carbons (Fsp3) is 0.235. The minimum absolute atomic E-state index is 0.00274. The lowest BCUT2D eigenvalue weighted by atomic mass is 10.1. The van der Waals surface area contributed by atoms with Gasteiger partial charge in [-0.3, -0.25) is 0 Å². The third-order valence-corrected chi connectivity index (χ3v) is 4.44. The summed E-state index contributed by atoms with van der Waals surface area (Å²) in [4.78, 5) is 12.1. The molecule has 0 radical (unpaired) electrons. The normalized spacial score (nSPS) is 22.0. The van der Waals surface area contributed by atoms with E-state index in [-0.39, 0.29) is 34.2 Å². The molecule has 0 bridgehead atoms. The van der Waals surface area contributed by atoms with Crippen LogP contribution in [0.5, 0.6) is 11.5 Å². The number of ether oxygens (including phenoxy) is 2. The smallest absolute Gasteiger partial charge is 0.395 e. The zero-order chi connectivity index (χ0) is 18.5. The Bertz CT molecular complexity index is 894. The summed E-state index contributed by atoms with van der Waals surface area (Å²) in [6.45, 7) is 0. The first-order chi connectivity index (χ1) is 12.3. The summed E-state index contributed by atoms with van der Waals surface area (Å²) >= 11 is 5.65. The number of carbonyl (C=O) groups excluding carboxylic acids is 1. The molecule has 1 fully saturated rings. The molecule has 1 heterocycles. The van der Waals surface area contributed by atoms with Crippen LogP contribution in [0.3, 0.4) is 0 Å². The van der Waals surface area contributed by atoms with Gasteiger partial charge < -0.3 is 20.1 Å². The predicted molar refractivity (Wildman–Crippen MR) is 87.4 cm³/mol. The largest absolute Gasteiger partial charge is 0.586 e. The Morgan fingerprint density at radius 1 is 1.15 bits per heavy atom. The topological polar surface area (TPSA) is 59.6 Å². The lowest BCUT2D eigenvalue weighted by Crippen LogP contribution is -2.31. The van der Waals surface area contributed by atoms with Gasteiger partial charge in [0.25, 0.3) is 0 Å². The number of hydrogen-bond acceptors (Lipinski definition) is 3. The lowest BCUT2D eigenvalue weighted by molar-refractivity contribution is -0.286. The molecule has 2 aromatic carbocycles. The predicted octanol–water partition coefficient (Wildman–Crippen LogP) is 4.48. The third-order valence-electron chi connectivity index (χ3n) is 4.14. The zero-order valence-electron chi connectivity index (χ0n) is 13.1. The molecule has 136 valence electrons. The second-order valence-corrected chi connectivity index (χ2v) is 6.46. The maximum absolute atomic E-state index is 13.5. The van der Waals surface area contributed by atoms with Gasteiger partial charge in [-0.2, -0.15) is 0 Å². The van der Waals surface area contributed by atoms with E-state index in [1.807, 2.05) is 0 Å². The molecule has 5 nitrogen and oxygen atoms in total. The van der Waals surface area contributed by atoms with Gasteiger partial charge in [0.2, 0.25) is 0 Å². The Balaban J connectivity index is 1.35. The van der Waals surface area contributed by atoms with Crippen molar-refractivity contribution >= 4 is 23.3 Å². The van der Waals surface area contributed by atoms with Crippen LogP contribution in [0.1, 0.15) is 17.9 Å². The van der Waals surface area contributed by atoms with Gasteiger partial charge in [0, 0.05) is 23.7 Å². The molecule has 9 heteroatoms. The molecule has 2 aliphatic rings. The van der Waals surface area contributed by atoms with E-state index in [4.69, 9.17) is 11.6 Å². The summed E-state index contributed by atoms with van der Waals surface area (Å²) in [5.41, 5.74) is 1.03. The van der Waals surface area contributed by atoms with E-state index < -0.39 is 18.1 Å². The number of carbonyl (C=O) groups is 1. The van der Waals surface area contributed by atoms with Crippen molar-refractivity contribution in [3.05, 3.63) is 52.8 Å². The number of nitrogens with one attached hydrogen (secondary N) is 2. The maximum atomic E-state index is 13.5. The number of urea groups is 1. The van der Waals surface area contributed by atoms with Gasteiger partial charge in [-0.05, 0) is 36.2 Å². The van der Waals surface area contributed by atoms with Crippen molar-refractivity contribution in [2.75, 3.05) is 5.32 Å². The Kier molecular flexibility index (Phi) is 3.87. The van der Waals surface area contributed by atoms with Gasteiger partial charge in [-0.15, -0.1) is 8.78 Å². The molecule has 4 rings (SSSR count). The van der Waals surface area contributed by atoms with Crippen molar-refractivity contribution in [2.24, 2.45) is 0 Å². The summed E-state index contributed by atoms with van der Waals surface area (Å²) in [6, 6.07) is 7.84. The highest BCUT2D eigenvalue weighted by Gasteiger charge is 2.43. The van der Waals surface area contributed by atoms with Crippen molar-refractivity contribution in [1.29, 1.82) is 0 Å². The second kappa shape index (κ2) is 5.98. The molecule has 1 saturated carbocycles. The molecule has 2 amide bonds. The summed E-state index contributed by atoms with van der Waals surface area (Å²) in [6.07, 6.45) is -3.04. The van der Waals surface area contributed by atoms with E-state index in [2.05, 4.69) is 20.1 Å². The van der Waals surface area contributed by atoms with Gasteiger partial charge >= 0.3 is 12.3 Å². The van der Waals surface area contributed by atoms with Gasteiger partial charge in [-0.1, -0.05) is 17.7 Å².